The van der Waals surface area contributed by atoms with Crippen LogP contribution in [0.1, 0.15) is 30.3 Å². The van der Waals surface area contributed by atoms with Crippen LogP contribution in [0.3, 0.4) is 0 Å². The molecule has 1 amide bonds. The second-order valence-electron chi connectivity index (χ2n) is 6.99. The number of sulfonamides is 1. The Hall–Kier alpha value is -2.04. The largest absolute Gasteiger partial charge is 0.379 e. The molecule has 1 aromatic heterocycles. The van der Waals surface area contributed by atoms with Crippen molar-refractivity contribution in [1.29, 1.82) is 0 Å². The van der Waals surface area contributed by atoms with E-state index in [1.54, 1.807) is 6.92 Å². The minimum atomic E-state index is -3.85. The molecule has 0 saturated carbocycles. The highest BCUT2D eigenvalue weighted by Gasteiger charge is 2.35. The van der Waals surface area contributed by atoms with Gasteiger partial charge in [-0.3, -0.25) is 4.79 Å². The number of hydrogen-bond donors (Lipinski definition) is 2. The third kappa shape index (κ3) is 4.28. The number of aryl methyl sites for hydroxylation is 1. The number of allylic oxidation sites excluding steroid dienone is 3. The molecule has 1 saturated heterocycles. The maximum atomic E-state index is 13.3. The smallest absolute Gasteiger partial charge is 0.272 e. The summed E-state index contributed by atoms with van der Waals surface area (Å²) in [6.07, 6.45) is 2.27. The van der Waals surface area contributed by atoms with E-state index in [1.807, 2.05) is 0 Å². The average Bonchev–Trinajstić information content (AvgIpc) is 3.17. The lowest BCUT2D eigenvalue weighted by Crippen LogP contribution is -2.46. The topological polar surface area (TPSA) is 89.4 Å². The molecule has 3 rings (SSSR count). The molecule has 0 radical (unpaired) electrons. The van der Waals surface area contributed by atoms with Gasteiger partial charge in [0.05, 0.1) is 12.1 Å². The van der Waals surface area contributed by atoms with Gasteiger partial charge in [-0.05, 0) is 25.5 Å². The van der Waals surface area contributed by atoms with E-state index in [2.05, 4.69) is 10.0 Å². The summed E-state index contributed by atoms with van der Waals surface area (Å²) in [5, 5.41) is 2.46. The Kier molecular flexibility index (Phi) is 5.24. The molecule has 2 heterocycles. The van der Waals surface area contributed by atoms with E-state index in [0.29, 0.717) is 13.0 Å². The summed E-state index contributed by atoms with van der Waals surface area (Å²) in [5.74, 6) is -1.58. The fraction of sp³-hybridized carbons (Fsp3) is 0.471. The van der Waals surface area contributed by atoms with Crippen LogP contribution in [0.5, 0.6) is 0 Å². The summed E-state index contributed by atoms with van der Waals surface area (Å²) in [6.45, 7) is 2.50. The van der Waals surface area contributed by atoms with Gasteiger partial charge in [0.1, 0.15) is 16.4 Å². The van der Waals surface area contributed by atoms with Gasteiger partial charge < -0.3 is 14.6 Å². The van der Waals surface area contributed by atoms with Gasteiger partial charge in [0.15, 0.2) is 6.17 Å². The van der Waals surface area contributed by atoms with Crippen LogP contribution < -0.4 is 10.0 Å². The average molecular weight is 401 g/mol. The zero-order valence-corrected chi connectivity index (χ0v) is 15.8. The van der Waals surface area contributed by atoms with Gasteiger partial charge in [-0.15, -0.1) is 0 Å². The van der Waals surface area contributed by atoms with E-state index in [4.69, 9.17) is 4.74 Å². The van der Waals surface area contributed by atoms with Crippen LogP contribution in [0, 0.1) is 0 Å². The monoisotopic (exact) mass is 401 g/mol. The first-order chi connectivity index (χ1) is 12.6. The van der Waals surface area contributed by atoms with E-state index in [1.165, 1.54) is 30.0 Å². The molecule has 0 aromatic carbocycles. The molecule has 0 bridgehead atoms. The molecule has 148 valence electrons. The Morgan fingerprint density at radius 2 is 2.19 bits per heavy atom. The van der Waals surface area contributed by atoms with Crippen LogP contribution >= 0.6 is 0 Å². The summed E-state index contributed by atoms with van der Waals surface area (Å²) in [7, 11) is -2.33. The van der Waals surface area contributed by atoms with E-state index >= 15 is 0 Å². The molecule has 10 heteroatoms. The number of halogens is 2. The molecule has 0 spiro atoms. The first-order valence-electron chi connectivity index (χ1n) is 8.40. The van der Waals surface area contributed by atoms with Crippen LogP contribution in [0.15, 0.2) is 40.8 Å². The van der Waals surface area contributed by atoms with Gasteiger partial charge in [0.2, 0.25) is 10.0 Å². The van der Waals surface area contributed by atoms with Crippen molar-refractivity contribution in [3.8, 4) is 0 Å². The first kappa shape index (κ1) is 19.7. The highest BCUT2D eigenvalue weighted by molar-refractivity contribution is 7.89. The molecule has 7 nitrogen and oxygen atoms in total. The lowest BCUT2D eigenvalue weighted by atomic mass is 10.0. The van der Waals surface area contributed by atoms with Crippen LogP contribution in [-0.2, 0) is 21.8 Å². The van der Waals surface area contributed by atoms with Crippen molar-refractivity contribution in [3.05, 3.63) is 41.6 Å². The minimum absolute atomic E-state index is 0.0635. The minimum Gasteiger partial charge on any atom is -0.379 e. The van der Waals surface area contributed by atoms with E-state index in [-0.39, 0.29) is 29.3 Å². The Labute approximate surface area is 156 Å². The number of carbonyl (C=O) groups is 1. The number of hydrogen-bond acceptors (Lipinski definition) is 4. The molecule has 1 fully saturated rings. The molecule has 27 heavy (non-hydrogen) atoms. The van der Waals surface area contributed by atoms with Crippen LogP contribution in [0.2, 0.25) is 0 Å². The lowest BCUT2D eigenvalue weighted by Gasteiger charge is -2.22. The fourth-order valence-corrected chi connectivity index (χ4v) is 4.45. The molecule has 2 atom stereocenters. The second kappa shape index (κ2) is 7.17. The van der Waals surface area contributed by atoms with Crippen molar-refractivity contribution < 1.29 is 26.7 Å². The predicted molar refractivity (Wildman–Crippen MR) is 93.8 cm³/mol. The first-order valence-corrected chi connectivity index (χ1v) is 9.89. The van der Waals surface area contributed by atoms with Crippen LogP contribution in [-0.4, -0.2) is 43.8 Å². The number of nitrogens with zero attached hydrogens (tertiary/aromatic N) is 1. The number of aromatic nitrogens is 1. The van der Waals surface area contributed by atoms with Crippen LogP contribution in [0.25, 0.3) is 0 Å². The van der Waals surface area contributed by atoms with Gasteiger partial charge in [0.25, 0.3) is 5.91 Å². The Morgan fingerprint density at radius 1 is 1.44 bits per heavy atom. The van der Waals surface area contributed by atoms with Crippen molar-refractivity contribution in [2.75, 3.05) is 13.2 Å². The molecule has 2 unspecified atom stereocenters. The Bertz CT molecular complexity index is 915. The third-order valence-electron chi connectivity index (χ3n) is 4.52. The number of amides is 1. The van der Waals surface area contributed by atoms with Crippen molar-refractivity contribution >= 4 is 15.9 Å². The fourth-order valence-electron chi connectivity index (χ4n) is 2.96. The summed E-state index contributed by atoms with van der Waals surface area (Å²) < 4.78 is 60.9. The van der Waals surface area contributed by atoms with Crippen molar-refractivity contribution in [3.63, 3.8) is 0 Å². The van der Waals surface area contributed by atoms with Gasteiger partial charge in [-0.2, -0.15) is 0 Å². The van der Waals surface area contributed by atoms with E-state index in [9.17, 15) is 22.0 Å². The molecule has 1 aliphatic heterocycles. The molecular weight excluding hydrogens is 380 g/mol. The van der Waals surface area contributed by atoms with Crippen molar-refractivity contribution in [2.45, 2.75) is 36.4 Å². The summed E-state index contributed by atoms with van der Waals surface area (Å²) in [6, 6.07) is 1.23. The van der Waals surface area contributed by atoms with Gasteiger partial charge >= 0.3 is 0 Å². The summed E-state index contributed by atoms with van der Waals surface area (Å²) >= 11 is 0. The predicted octanol–water partition coefficient (Wildman–Crippen LogP) is 1.69. The molecule has 2 N–H and O–H groups in total. The highest BCUT2D eigenvalue weighted by atomic mass is 32.2. The zero-order valence-electron chi connectivity index (χ0n) is 15.0. The van der Waals surface area contributed by atoms with Gasteiger partial charge in [-0.1, -0.05) is 6.08 Å². The quantitative estimate of drug-likeness (QED) is 0.786. The molecule has 1 aliphatic carbocycles. The Morgan fingerprint density at radius 3 is 2.81 bits per heavy atom. The van der Waals surface area contributed by atoms with Crippen molar-refractivity contribution in [2.24, 2.45) is 7.05 Å². The van der Waals surface area contributed by atoms with E-state index in [0.717, 1.165) is 6.08 Å². The van der Waals surface area contributed by atoms with Crippen molar-refractivity contribution in [1.82, 2.24) is 14.6 Å². The van der Waals surface area contributed by atoms with E-state index < -0.39 is 33.5 Å². The van der Waals surface area contributed by atoms with Crippen LogP contribution in [0.4, 0.5) is 8.78 Å². The zero-order chi connectivity index (χ0) is 19.8. The maximum Gasteiger partial charge on any atom is 0.272 e. The molecular formula is C17H21F2N3O4S. The lowest BCUT2D eigenvalue weighted by molar-refractivity contribution is 0.0958. The van der Waals surface area contributed by atoms with Gasteiger partial charge in [-0.25, -0.2) is 21.9 Å². The number of nitrogens with one attached hydrogen (secondary N) is 2. The number of rotatable bonds is 5. The summed E-state index contributed by atoms with van der Waals surface area (Å²) in [5.41, 5.74) is -0.499. The highest BCUT2D eigenvalue weighted by Crippen LogP contribution is 2.23. The van der Waals surface area contributed by atoms with Gasteiger partial charge in [0, 0.05) is 32.0 Å². The summed E-state index contributed by atoms with van der Waals surface area (Å²) in [4.78, 5) is 12.4. The second-order valence-corrected chi connectivity index (χ2v) is 8.67. The standard InChI is InChI=1S/C17H21F2N3O4S/c1-17(5-6-26-10-17)21-27(24,25)12-8-15(22(2)9-12)16(23)20-11-3-4-13(18)14(19)7-11/h3,7-9,13,21H,4-6,10H2,1-2H3,(H,20,23). The molecule has 2 aliphatic rings. The number of carbonyl (C=O) groups excluding carboxylic acids is 1. The molecule has 1 aromatic rings. The normalized spacial score (nSPS) is 25.9. The maximum absolute atomic E-state index is 13.3. The third-order valence-corrected chi connectivity index (χ3v) is 6.12. The number of alkyl halides is 1. The Balaban J connectivity index is 1.77. The SMILES string of the molecule is Cn1cc(S(=O)(=O)NC2(C)CCOC2)cc1C(=O)NC1=CCC(F)C(F)=C1. The number of ether oxygens (including phenoxy) is 1.